The van der Waals surface area contributed by atoms with E-state index in [1.165, 1.54) is 6.92 Å². The first-order chi connectivity index (χ1) is 6.11. The minimum absolute atomic E-state index is 0.161. The van der Waals surface area contributed by atoms with E-state index >= 15 is 0 Å². The summed E-state index contributed by atoms with van der Waals surface area (Å²) >= 11 is 11.6. The standard InChI is InChI=1S/C9H8Cl2O2/c1-6(12)13-5-7-3-2-4-8(10)9(7)11/h2-4H,5H2,1H3. The molecular formula is C9H8Cl2O2. The highest BCUT2D eigenvalue weighted by molar-refractivity contribution is 6.42. The molecule has 0 amide bonds. The van der Waals surface area contributed by atoms with Gasteiger partial charge in [0.2, 0.25) is 0 Å². The lowest BCUT2D eigenvalue weighted by atomic mass is 10.2. The molecule has 1 aromatic rings. The third-order valence-corrected chi connectivity index (χ3v) is 2.32. The smallest absolute Gasteiger partial charge is 0.302 e. The summed E-state index contributed by atoms with van der Waals surface area (Å²) in [5, 5.41) is 0.900. The van der Waals surface area contributed by atoms with Gasteiger partial charge in [-0.3, -0.25) is 4.79 Å². The van der Waals surface area contributed by atoms with E-state index in [4.69, 9.17) is 27.9 Å². The zero-order chi connectivity index (χ0) is 9.84. The lowest BCUT2D eigenvalue weighted by Crippen LogP contribution is -1.99. The van der Waals surface area contributed by atoms with Crippen LogP contribution in [0, 0.1) is 0 Å². The van der Waals surface area contributed by atoms with Crippen LogP contribution in [0.3, 0.4) is 0 Å². The van der Waals surface area contributed by atoms with E-state index in [2.05, 4.69) is 0 Å². The molecule has 0 spiro atoms. The third kappa shape index (κ3) is 2.90. The van der Waals surface area contributed by atoms with Gasteiger partial charge in [0.15, 0.2) is 0 Å². The van der Waals surface area contributed by atoms with Crippen LogP contribution in [0.4, 0.5) is 0 Å². The van der Waals surface area contributed by atoms with E-state index in [1.807, 2.05) is 0 Å². The van der Waals surface area contributed by atoms with Crippen molar-refractivity contribution in [2.45, 2.75) is 13.5 Å². The fourth-order valence-corrected chi connectivity index (χ4v) is 1.21. The van der Waals surface area contributed by atoms with E-state index in [9.17, 15) is 4.79 Å². The van der Waals surface area contributed by atoms with Crippen molar-refractivity contribution in [2.75, 3.05) is 0 Å². The van der Waals surface area contributed by atoms with Crippen LogP contribution in [0.25, 0.3) is 0 Å². The summed E-state index contributed by atoms with van der Waals surface area (Å²) in [6.45, 7) is 1.51. The largest absolute Gasteiger partial charge is 0.461 e. The minimum atomic E-state index is -0.337. The maximum Gasteiger partial charge on any atom is 0.302 e. The van der Waals surface area contributed by atoms with Crippen LogP contribution in [0.2, 0.25) is 10.0 Å². The van der Waals surface area contributed by atoms with Crippen molar-refractivity contribution < 1.29 is 9.53 Å². The van der Waals surface area contributed by atoms with Gasteiger partial charge in [0.25, 0.3) is 0 Å². The Labute approximate surface area is 86.4 Å². The number of rotatable bonds is 2. The molecule has 0 saturated heterocycles. The molecule has 0 aliphatic carbocycles. The first-order valence-electron chi connectivity index (χ1n) is 3.67. The number of carbonyl (C=O) groups is 1. The molecule has 2 nitrogen and oxygen atoms in total. The Kier molecular flexibility index (Phi) is 3.58. The summed E-state index contributed by atoms with van der Waals surface area (Å²) in [4.78, 5) is 10.5. The number of ether oxygens (including phenoxy) is 1. The van der Waals surface area contributed by atoms with Crippen LogP contribution in [0.15, 0.2) is 18.2 Å². The van der Waals surface area contributed by atoms with Crippen molar-refractivity contribution >= 4 is 29.2 Å². The molecule has 0 radical (unpaired) electrons. The SMILES string of the molecule is CC(=O)OCc1cccc(Cl)c1Cl. The van der Waals surface area contributed by atoms with Crippen molar-refractivity contribution in [1.29, 1.82) is 0 Å². The van der Waals surface area contributed by atoms with Crippen LogP contribution in [-0.4, -0.2) is 5.97 Å². The average Bonchev–Trinajstić information content (AvgIpc) is 2.07. The van der Waals surface area contributed by atoms with Crippen molar-refractivity contribution in [3.8, 4) is 0 Å². The van der Waals surface area contributed by atoms with E-state index in [0.717, 1.165) is 0 Å². The van der Waals surface area contributed by atoms with Gasteiger partial charge in [0.1, 0.15) is 6.61 Å². The Hall–Kier alpha value is -0.730. The van der Waals surface area contributed by atoms with Gasteiger partial charge in [-0.25, -0.2) is 0 Å². The molecule has 1 rings (SSSR count). The van der Waals surface area contributed by atoms with Gasteiger partial charge < -0.3 is 4.74 Å². The fourth-order valence-electron chi connectivity index (χ4n) is 0.839. The maximum absolute atomic E-state index is 10.5. The number of halogens is 2. The van der Waals surface area contributed by atoms with Crippen LogP contribution in [-0.2, 0) is 16.1 Å². The van der Waals surface area contributed by atoms with Crippen molar-refractivity contribution in [3.63, 3.8) is 0 Å². The van der Waals surface area contributed by atoms with Gasteiger partial charge in [0, 0.05) is 12.5 Å². The third-order valence-electron chi connectivity index (χ3n) is 1.46. The molecule has 0 fully saturated rings. The highest BCUT2D eigenvalue weighted by Crippen LogP contribution is 2.25. The van der Waals surface area contributed by atoms with Gasteiger partial charge in [-0.05, 0) is 6.07 Å². The Morgan fingerprint density at radius 3 is 2.77 bits per heavy atom. The Bertz CT molecular complexity index is 323. The highest BCUT2D eigenvalue weighted by atomic mass is 35.5. The van der Waals surface area contributed by atoms with Crippen molar-refractivity contribution in [2.24, 2.45) is 0 Å². The van der Waals surface area contributed by atoms with Gasteiger partial charge >= 0.3 is 5.97 Å². The molecule has 70 valence electrons. The lowest BCUT2D eigenvalue weighted by Gasteiger charge is -2.05. The minimum Gasteiger partial charge on any atom is -0.461 e. The van der Waals surface area contributed by atoms with Crippen LogP contribution in [0.5, 0.6) is 0 Å². The predicted octanol–water partition coefficient (Wildman–Crippen LogP) is 3.06. The Balaban J connectivity index is 2.77. The average molecular weight is 219 g/mol. The monoisotopic (exact) mass is 218 g/mol. The van der Waals surface area contributed by atoms with Crippen molar-refractivity contribution in [3.05, 3.63) is 33.8 Å². The second kappa shape index (κ2) is 4.49. The van der Waals surface area contributed by atoms with Gasteiger partial charge in [0.05, 0.1) is 10.0 Å². The molecule has 1 aromatic carbocycles. The zero-order valence-corrected chi connectivity index (χ0v) is 8.52. The Morgan fingerprint density at radius 1 is 1.46 bits per heavy atom. The molecule has 0 heterocycles. The molecule has 0 atom stereocenters. The molecule has 0 N–H and O–H groups in total. The van der Waals surface area contributed by atoms with Crippen LogP contribution in [0.1, 0.15) is 12.5 Å². The normalized spacial score (nSPS) is 9.77. The van der Waals surface area contributed by atoms with E-state index in [0.29, 0.717) is 15.6 Å². The van der Waals surface area contributed by atoms with E-state index in [1.54, 1.807) is 18.2 Å². The van der Waals surface area contributed by atoms with E-state index < -0.39 is 0 Å². The molecule has 0 aromatic heterocycles. The number of carbonyl (C=O) groups excluding carboxylic acids is 1. The topological polar surface area (TPSA) is 26.3 Å². The zero-order valence-electron chi connectivity index (χ0n) is 7.01. The molecule has 0 aliphatic rings. The maximum atomic E-state index is 10.5. The quantitative estimate of drug-likeness (QED) is 0.714. The number of esters is 1. The molecule has 0 saturated carbocycles. The summed E-state index contributed by atoms with van der Waals surface area (Å²) < 4.78 is 4.78. The van der Waals surface area contributed by atoms with Crippen LogP contribution >= 0.6 is 23.2 Å². The second-order valence-corrected chi connectivity index (χ2v) is 3.28. The second-order valence-electron chi connectivity index (χ2n) is 2.49. The van der Waals surface area contributed by atoms with Gasteiger partial charge in [-0.15, -0.1) is 0 Å². The lowest BCUT2D eigenvalue weighted by molar-refractivity contribution is -0.142. The van der Waals surface area contributed by atoms with E-state index in [-0.39, 0.29) is 12.6 Å². The fraction of sp³-hybridized carbons (Fsp3) is 0.222. The number of hydrogen-bond acceptors (Lipinski definition) is 2. The predicted molar refractivity (Wildman–Crippen MR) is 51.9 cm³/mol. The Morgan fingerprint density at radius 2 is 2.15 bits per heavy atom. The summed E-state index contributed by atoms with van der Waals surface area (Å²) in [5.74, 6) is -0.337. The molecule has 0 unspecified atom stereocenters. The molecule has 4 heteroatoms. The first kappa shape index (κ1) is 10.4. The molecule has 0 bridgehead atoms. The summed E-state index contributed by atoms with van der Waals surface area (Å²) in [6, 6.07) is 5.20. The summed E-state index contributed by atoms with van der Waals surface area (Å²) in [5.41, 5.74) is 0.712. The van der Waals surface area contributed by atoms with Gasteiger partial charge in [-0.1, -0.05) is 35.3 Å². The van der Waals surface area contributed by atoms with Gasteiger partial charge in [-0.2, -0.15) is 0 Å². The summed E-state index contributed by atoms with van der Waals surface area (Å²) in [7, 11) is 0. The highest BCUT2D eigenvalue weighted by Gasteiger charge is 2.04. The van der Waals surface area contributed by atoms with Crippen molar-refractivity contribution in [1.82, 2.24) is 0 Å². The number of benzene rings is 1. The molecule has 0 aliphatic heterocycles. The van der Waals surface area contributed by atoms with Crippen LogP contribution < -0.4 is 0 Å². The first-order valence-corrected chi connectivity index (χ1v) is 4.43. The summed E-state index contributed by atoms with van der Waals surface area (Å²) in [6.07, 6.45) is 0. The molecular weight excluding hydrogens is 211 g/mol. The molecule has 13 heavy (non-hydrogen) atoms. The number of hydrogen-bond donors (Lipinski definition) is 0.